The van der Waals surface area contributed by atoms with Gasteiger partial charge in [0.15, 0.2) is 0 Å². The van der Waals surface area contributed by atoms with Crippen LogP contribution in [0.1, 0.15) is 47.9 Å². The van der Waals surface area contributed by atoms with Crippen molar-refractivity contribution in [1.29, 1.82) is 0 Å². The van der Waals surface area contributed by atoms with E-state index in [-0.39, 0.29) is 17.6 Å². The fourth-order valence-corrected chi connectivity index (χ4v) is 2.95. The van der Waals surface area contributed by atoms with Gasteiger partial charge >= 0.3 is 0 Å². The first-order valence-corrected chi connectivity index (χ1v) is 7.67. The van der Waals surface area contributed by atoms with Gasteiger partial charge in [0.25, 0.3) is 5.91 Å². The van der Waals surface area contributed by atoms with Crippen molar-refractivity contribution >= 4 is 11.6 Å². The molecule has 1 aromatic carbocycles. The van der Waals surface area contributed by atoms with Gasteiger partial charge < -0.3 is 15.8 Å². The Hall–Kier alpha value is -2.56. The van der Waals surface area contributed by atoms with E-state index in [0.717, 1.165) is 16.9 Å². The van der Waals surface area contributed by atoms with Gasteiger partial charge in [-0.1, -0.05) is 6.07 Å². The van der Waals surface area contributed by atoms with E-state index >= 15 is 0 Å². The summed E-state index contributed by atoms with van der Waals surface area (Å²) in [7, 11) is 0. The minimum absolute atomic E-state index is 0.161. The van der Waals surface area contributed by atoms with E-state index in [1.807, 2.05) is 51.1 Å². The number of ether oxygens (including phenoxy) is 1. The fraction of sp³-hybridized carbons (Fsp3) is 0.333. The summed E-state index contributed by atoms with van der Waals surface area (Å²) >= 11 is 0. The maximum Gasteiger partial charge on any atom is 0.270 e. The predicted octanol–water partition coefficient (Wildman–Crippen LogP) is 3.00. The van der Waals surface area contributed by atoms with Crippen LogP contribution in [0.5, 0.6) is 5.75 Å². The largest absolute Gasteiger partial charge is 0.487 e. The average Bonchev–Trinajstić information content (AvgIpc) is 2.47. The van der Waals surface area contributed by atoms with Crippen LogP contribution >= 0.6 is 0 Å². The van der Waals surface area contributed by atoms with E-state index in [4.69, 9.17) is 10.5 Å². The number of anilines is 1. The van der Waals surface area contributed by atoms with Gasteiger partial charge in [-0.25, -0.2) is 0 Å². The first-order chi connectivity index (χ1) is 10.9. The van der Waals surface area contributed by atoms with Gasteiger partial charge in [-0.3, -0.25) is 9.78 Å². The Bertz CT molecular complexity index is 756. The summed E-state index contributed by atoms with van der Waals surface area (Å²) in [4.78, 5) is 16.8. The average molecular weight is 311 g/mol. The lowest BCUT2D eigenvalue weighted by Gasteiger charge is -2.38. The Morgan fingerprint density at radius 2 is 2.17 bits per heavy atom. The molecular formula is C18H21N3O2. The molecule has 1 aliphatic rings. The summed E-state index contributed by atoms with van der Waals surface area (Å²) in [6, 6.07) is 9.06. The van der Waals surface area contributed by atoms with Crippen molar-refractivity contribution in [3.8, 4) is 5.75 Å². The number of nitrogen functional groups attached to an aromatic ring is 1. The predicted molar refractivity (Wildman–Crippen MR) is 89.4 cm³/mol. The van der Waals surface area contributed by atoms with Crippen LogP contribution < -0.4 is 15.8 Å². The van der Waals surface area contributed by atoms with Crippen molar-refractivity contribution in [3.05, 3.63) is 53.3 Å². The number of pyridine rings is 1. The smallest absolute Gasteiger partial charge is 0.270 e. The zero-order valence-electron chi connectivity index (χ0n) is 13.6. The molecule has 120 valence electrons. The summed E-state index contributed by atoms with van der Waals surface area (Å²) < 4.78 is 5.99. The number of hydrogen-bond acceptors (Lipinski definition) is 4. The van der Waals surface area contributed by atoms with Gasteiger partial charge in [0.2, 0.25) is 0 Å². The number of hydrogen-bond donors (Lipinski definition) is 2. The molecule has 2 heterocycles. The number of amides is 1. The van der Waals surface area contributed by atoms with E-state index in [1.54, 1.807) is 6.20 Å². The third-order valence-electron chi connectivity index (χ3n) is 4.02. The number of nitrogens with one attached hydrogen (secondary N) is 1. The number of rotatable bonds is 2. The van der Waals surface area contributed by atoms with Crippen molar-refractivity contribution in [1.82, 2.24) is 10.3 Å². The molecule has 1 unspecified atom stereocenters. The second-order valence-electron chi connectivity index (χ2n) is 6.56. The third kappa shape index (κ3) is 3.13. The topological polar surface area (TPSA) is 77.2 Å². The molecule has 1 aromatic heterocycles. The molecule has 0 radical (unpaired) electrons. The van der Waals surface area contributed by atoms with Crippen LogP contribution in [0, 0.1) is 6.92 Å². The van der Waals surface area contributed by atoms with Gasteiger partial charge in [-0.2, -0.15) is 0 Å². The van der Waals surface area contributed by atoms with Crippen LogP contribution in [0.15, 0.2) is 36.5 Å². The molecular weight excluding hydrogens is 290 g/mol. The molecule has 1 aliphatic heterocycles. The van der Waals surface area contributed by atoms with Gasteiger partial charge in [0, 0.05) is 23.9 Å². The second-order valence-corrected chi connectivity index (χ2v) is 6.56. The number of aryl methyl sites for hydroxylation is 1. The number of aromatic nitrogens is 1. The van der Waals surface area contributed by atoms with Crippen LogP contribution in [0.3, 0.4) is 0 Å². The highest BCUT2D eigenvalue weighted by Crippen LogP contribution is 2.40. The fourth-order valence-electron chi connectivity index (χ4n) is 2.95. The van der Waals surface area contributed by atoms with Gasteiger partial charge in [0.05, 0.1) is 6.04 Å². The lowest BCUT2D eigenvalue weighted by atomic mass is 9.89. The maximum atomic E-state index is 12.6. The van der Waals surface area contributed by atoms with Gasteiger partial charge in [0.1, 0.15) is 17.0 Å². The standard InChI is InChI=1S/C18H21N3O2/c1-11-5-4-8-20-16(11)17(22)21-14-10-18(2,3)23-15-7-6-12(19)9-13(14)15/h4-9,14H,10,19H2,1-3H3,(H,21,22). The highest BCUT2D eigenvalue weighted by Gasteiger charge is 2.35. The first kappa shape index (κ1) is 15.3. The zero-order valence-corrected chi connectivity index (χ0v) is 13.6. The Morgan fingerprint density at radius 1 is 1.39 bits per heavy atom. The van der Waals surface area contributed by atoms with Crippen LogP contribution in [0.2, 0.25) is 0 Å². The highest BCUT2D eigenvalue weighted by molar-refractivity contribution is 5.94. The summed E-state index contributed by atoms with van der Waals surface area (Å²) in [6.07, 6.45) is 2.29. The molecule has 23 heavy (non-hydrogen) atoms. The lowest BCUT2D eigenvalue weighted by Crippen LogP contribution is -2.41. The van der Waals surface area contributed by atoms with Crippen molar-refractivity contribution in [2.24, 2.45) is 0 Å². The number of nitrogens with two attached hydrogens (primary N) is 1. The van der Waals surface area contributed by atoms with E-state index in [2.05, 4.69) is 10.3 Å². The van der Waals surface area contributed by atoms with Crippen molar-refractivity contribution < 1.29 is 9.53 Å². The Labute approximate surface area is 135 Å². The van der Waals surface area contributed by atoms with Crippen LogP contribution in [-0.2, 0) is 0 Å². The Balaban J connectivity index is 1.92. The highest BCUT2D eigenvalue weighted by atomic mass is 16.5. The maximum absolute atomic E-state index is 12.6. The SMILES string of the molecule is Cc1cccnc1C(=O)NC1CC(C)(C)Oc2ccc(N)cc21. The molecule has 0 spiro atoms. The van der Waals surface area contributed by atoms with Crippen molar-refractivity contribution in [3.63, 3.8) is 0 Å². The first-order valence-electron chi connectivity index (χ1n) is 7.67. The number of carbonyl (C=O) groups is 1. The second kappa shape index (κ2) is 5.57. The van der Waals surface area contributed by atoms with E-state index in [1.165, 1.54) is 0 Å². The third-order valence-corrected chi connectivity index (χ3v) is 4.02. The Morgan fingerprint density at radius 3 is 2.91 bits per heavy atom. The molecule has 0 bridgehead atoms. The quantitative estimate of drug-likeness (QED) is 0.836. The van der Waals surface area contributed by atoms with Crippen LogP contribution in [0.4, 0.5) is 5.69 Å². The zero-order chi connectivity index (χ0) is 16.6. The van der Waals surface area contributed by atoms with Crippen molar-refractivity contribution in [2.75, 3.05) is 5.73 Å². The molecule has 1 atom stereocenters. The minimum Gasteiger partial charge on any atom is -0.487 e. The molecule has 0 fully saturated rings. The monoisotopic (exact) mass is 311 g/mol. The number of fused-ring (bicyclic) bond motifs is 1. The molecule has 0 saturated heterocycles. The number of carbonyl (C=O) groups excluding carboxylic acids is 1. The number of benzene rings is 1. The van der Waals surface area contributed by atoms with Gasteiger partial charge in [-0.15, -0.1) is 0 Å². The summed E-state index contributed by atoms with van der Waals surface area (Å²) in [5.74, 6) is 0.581. The number of nitrogens with zero attached hydrogens (tertiary/aromatic N) is 1. The lowest BCUT2D eigenvalue weighted by molar-refractivity contribution is 0.0618. The molecule has 1 amide bonds. The van der Waals surface area contributed by atoms with E-state index in [0.29, 0.717) is 17.8 Å². The molecule has 5 nitrogen and oxygen atoms in total. The summed E-state index contributed by atoms with van der Waals surface area (Å²) in [5.41, 5.74) is 8.40. The van der Waals surface area contributed by atoms with E-state index in [9.17, 15) is 4.79 Å². The Kier molecular flexibility index (Phi) is 3.72. The summed E-state index contributed by atoms with van der Waals surface area (Å²) in [5, 5.41) is 3.08. The van der Waals surface area contributed by atoms with Gasteiger partial charge in [-0.05, 0) is 50.6 Å². The van der Waals surface area contributed by atoms with Crippen LogP contribution in [-0.4, -0.2) is 16.5 Å². The molecule has 0 saturated carbocycles. The minimum atomic E-state index is -0.361. The molecule has 2 aromatic rings. The van der Waals surface area contributed by atoms with Crippen molar-refractivity contribution in [2.45, 2.75) is 38.8 Å². The summed E-state index contributed by atoms with van der Waals surface area (Å²) in [6.45, 7) is 5.90. The molecule has 3 rings (SSSR count). The van der Waals surface area contributed by atoms with Crippen LogP contribution in [0.25, 0.3) is 0 Å². The van der Waals surface area contributed by atoms with E-state index < -0.39 is 0 Å². The molecule has 5 heteroatoms. The molecule has 0 aliphatic carbocycles. The normalized spacial score (nSPS) is 18.7. The molecule has 3 N–H and O–H groups in total.